The molecular weight excluding hydrogens is 272 g/mol. The summed E-state index contributed by atoms with van der Waals surface area (Å²) in [6, 6.07) is 10.2. The van der Waals surface area contributed by atoms with Gasteiger partial charge in [-0.3, -0.25) is 4.79 Å². The van der Waals surface area contributed by atoms with E-state index < -0.39 is 0 Å². The van der Waals surface area contributed by atoms with Crippen LogP contribution in [0.4, 0.5) is 5.88 Å². The van der Waals surface area contributed by atoms with Gasteiger partial charge in [0.05, 0.1) is 12.7 Å². The summed E-state index contributed by atoms with van der Waals surface area (Å²) in [7, 11) is 1.60. The maximum absolute atomic E-state index is 11.1. The second kappa shape index (κ2) is 5.12. The van der Waals surface area contributed by atoms with Crippen LogP contribution in [-0.4, -0.2) is 22.5 Å². The molecule has 0 fully saturated rings. The summed E-state index contributed by atoms with van der Waals surface area (Å²) in [6.07, 6.45) is 0. The van der Waals surface area contributed by atoms with Crippen molar-refractivity contribution in [3.05, 3.63) is 46.8 Å². The molecule has 0 unspecified atom stereocenters. The Morgan fingerprint density at radius 2 is 1.95 bits per heavy atom. The first-order valence-corrected chi connectivity index (χ1v) is 6.14. The maximum atomic E-state index is 11.1. The third kappa shape index (κ3) is 2.36. The Morgan fingerprint density at radius 3 is 2.57 bits per heavy atom. The van der Waals surface area contributed by atoms with Crippen LogP contribution in [0, 0.1) is 0 Å². The van der Waals surface area contributed by atoms with Gasteiger partial charge < -0.3 is 15.0 Å². The Morgan fingerprint density at radius 1 is 1.19 bits per heavy atom. The van der Waals surface area contributed by atoms with E-state index in [1.54, 1.807) is 13.2 Å². The van der Waals surface area contributed by atoms with Crippen LogP contribution >= 0.6 is 0 Å². The minimum absolute atomic E-state index is 0.183. The fourth-order valence-corrected chi connectivity index (χ4v) is 1.99. The van der Waals surface area contributed by atoms with Gasteiger partial charge in [0.1, 0.15) is 17.1 Å². The second-order valence-electron chi connectivity index (χ2n) is 4.31. The van der Waals surface area contributed by atoms with Crippen LogP contribution in [0.3, 0.4) is 0 Å². The Hall–Kier alpha value is -3.09. The molecule has 7 heteroatoms. The molecule has 0 aliphatic heterocycles. The number of ether oxygens (including phenoxy) is 1. The Labute approximate surface area is 119 Å². The first kappa shape index (κ1) is 12.9. The van der Waals surface area contributed by atoms with Crippen LogP contribution in [0.2, 0.25) is 0 Å². The maximum Gasteiger partial charge on any atom is 0.264 e. The van der Waals surface area contributed by atoms with Gasteiger partial charge in [0.2, 0.25) is 5.88 Å². The summed E-state index contributed by atoms with van der Waals surface area (Å²) in [6.45, 7) is 0. The van der Waals surface area contributed by atoms with E-state index in [-0.39, 0.29) is 11.4 Å². The lowest BCUT2D eigenvalue weighted by atomic mass is 10.0. The molecule has 3 N–H and O–H groups in total. The predicted molar refractivity (Wildman–Crippen MR) is 76.8 cm³/mol. The molecule has 0 aliphatic carbocycles. The van der Waals surface area contributed by atoms with Gasteiger partial charge in [0.15, 0.2) is 0 Å². The third-order valence-corrected chi connectivity index (χ3v) is 3.02. The van der Waals surface area contributed by atoms with Crippen molar-refractivity contribution in [3.8, 4) is 28.3 Å². The topological polar surface area (TPSA) is 107 Å². The number of aromatic amines is 1. The number of hydrogen-bond donors (Lipinski definition) is 2. The van der Waals surface area contributed by atoms with Crippen molar-refractivity contribution in [2.45, 2.75) is 0 Å². The molecule has 1 aromatic carbocycles. The summed E-state index contributed by atoms with van der Waals surface area (Å²) in [5.74, 6) is 0.917. The standard InChI is InChI=1S/C14H12N4O3/c1-20-9-4-2-8(3-5-9)12-13(18-21-14(12)15)10-6-7-11(19)17-16-10/h2-7H,15H2,1H3,(H,17,19). The molecule has 7 nitrogen and oxygen atoms in total. The van der Waals surface area contributed by atoms with Crippen molar-refractivity contribution in [1.29, 1.82) is 0 Å². The van der Waals surface area contributed by atoms with E-state index in [9.17, 15) is 4.79 Å². The largest absolute Gasteiger partial charge is 0.497 e. The minimum Gasteiger partial charge on any atom is -0.497 e. The van der Waals surface area contributed by atoms with Crippen LogP contribution in [0.25, 0.3) is 22.5 Å². The lowest BCUT2D eigenvalue weighted by Gasteiger charge is -2.04. The number of nitrogens with two attached hydrogens (primary N) is 1. The van der Waals surface area contributed by atoms with Crippen molar-refractivity contribution in [1.82, 2.24) is 15.4 Å². The Balaban J connectivity index is 2.11. The molecule has 0 saturated heterocycles. The van der Waals surface area contributed by atoms with Crippen LogP contribution in [0.15, 0.2) is 45.7 Å². The molecule has 0 bridgehead atoms. The van der Waals surface area contributed by atoms with Crippen molar-refractivity contribution in [2.75, 3.05) is 12.8 Å². The average Bonchev–Trinajstić information content (AvgIpc) is 2.90. The molecule has 3 aromatic rings. The molecule has 0 saturated carbocycles. The van der Waals surface area contributed by atoms with Crippen LogP contribution < -0.4 is 16.0 Å². The molecule has 2 aromatic heterocycles. The number of methoxy groups -OCH3 is 1. The van der Waals surface area contributed by atoms with E-state index in [2.05, 4.69) is 15.4 Å². The van der Waals surface area contributed by atoms with Gasteiger partial charge in [0.25, 0.3) is 5.56 Å². The van der Waals surface area contributed by atoms with Crippen molar-refractivity contribution in [3.63, 3.8) is 0 Å². The number of H-pyrrole nitrogens is 1. The van der Waals surface area contributed by atoms with Crippen molar-refractivity contribution >= 4 is 5.88 Å². The zero-order valence-corrected chi connectivity index (χ0v) is 11.2. The van der Waals surface area contributed by atoms with E-state index in [0.29, 0.717) is 17.0 Å². The molecule has 106 valence electrons. The lowest BCUT2D eigenvalue weighted by molar-refractivity contribution is 0.415. The molecule has 3 rings (SSSR count). The molecule has 21 heavy (non-hydrogen) atoms. The van der Waals surface area contributed by atoms with Gasteiger partial charge in [-0.25, -0.2) is 5.10 Å². The second-order valence-corrected chi connectivity index (χ2v) is 4.31. The number of hydrogen-bond acceptors (Lipinski definition) is 6. The monoisotopic (exact) mass is 284 g/mol. The van der Waals surface area contributed by atoms with Gasteiger partial charge in [-0.2, -0.15) is 5.10 Å². The Bertz CT molecular complexity index is 800. The summed E-state index contributed by atoms with van der Waals surface area (Å²) in [4.78, 5) is 11.1. The smallest absolute Gasteiger partial charge is 0.264 e. The van der Waals surface area contributed by atoms with Crippen LogP contribution in [-0.2, 0) is 0 Å². The first-order chi connectivity index (χ1) is 10.2. The number of nitrogen functional groups attached to an aromatic ring is 1. The number of benzene rings is 1. The fraction of sp³-hybridized carbons (Fsp3) is 0.0714. The van der Waals surface area contributed by atoms with Gasteiger partial charge in [0, 0.05) is 6.07 Å². The van der Waals surface area contributed by atoms with E-state index >= 15 is 0 Å². The molecule has 2 heterocycles. The van der Waals surface area contributed by atoms with Gasteiger partial charge in [-0.1, -0.05) is 17.3 Å². The molecule has 0 radical (unpaired) electrons. The van der Waals surface area contributed by atoms with Gasteiger partial charge in [-0.15, -0.1) is 0 Å². The van der Waals surface area contributed by atoms with Crippen LogP contribution in [0.1, 0.15) is 0 Å². The lowest BCUT2D eigenvalue weighted by Crippen LogP contribution is -2.05. The summed E-state index contributed by atoms with van der Waals surface area (Å²) >= 11 is 0. The molecule has 0 spiro atoms. The molecular formula is C14H12N4O3. The van der Waals surface area contributed by atoms with Crippen molar-refractivity contribution < 1.29 is 9.26 Å². The predicted octanol–water partition coefficient (Wildman–Crippen LogP) is 1.68. The SMILES string of the molecule is COc1ccc(-c2c(-c3ccc(=O)[nH]n3)noc2N)cc1. The third-order valence-electron chi connectivity index (χ3n) is 3.02. The normalized spacial score (nSPS) is 10.5. The quantitative estimate of drug-likeness (QED) is 0.757. The summed E-state index contributed by atoms with van der Waals surface area (Å²) in [5.41, 5.74) is 7.94. The average molecular weight is 284 g/mol. The molecule has 0 aliphatic rings. The van der Waals surface area contributed by atoms with Crippen LogP contribution in [0.5, 0.6) is 5.75 Å². The zero-order valence-electron chi connectivity index (χ0n) is 11.2. The highest BCUT2D eigenvalue weighted by Gasteiger charge is 2.18. The first-order valence-electron chi connectivity index (χ1n) is 6.14. The number of nitrogens with zero attached hydrogens (tertiary/aromatic N) is 2. The van der Waals surface area contributed by atoms with Gasteiger partial charge >= 0.3 is 0 Å². The highest BCUT2D eigenvalue weighted by Crippen LogP contribution is 2.35. The van der Waals surface area contributed by atoms with E-state index in [0.717, 1.165) is 11.3 Å². The van der Waals surface area contributed by atoms with E-state index in [4.69, 9.17) is 15.0 Å². The summed E-state index contributed by atoms with van der Waals surface area (Å²) in [5, 5.41) is 10.2. The number of anilines is 1. The number of nitrogens with one attached hydrogen (secondary N) is 1. The van der Waals surface area contributed by atoms with Gasteiger partial charge in [-0.05, 0) is 23.8 Å². The fourth-order valence-electron chi connectivity index (χ4n) is 1.99. The highest BCUT2D eigenvalue weighted by molar-refractivity contribution is 5.85. The van der Waals surface area contributed by atoms with Crippen molar-refractivity contribution in [2.24, 2.45) is 0 Å². The summed E-state index contributed by atoms with van der Waals surface area (Å²) < 4.78 is 10.2. The number of rotatable bonds is 3. The van der Waals surface area contributed by atoms with E-state index in [1.165, 1.54) is 6.07 Å². The highest BCUT2D eigenvalue weighted by atomic mass is 16.5. The minimum atomic E-state index is -0.291. The Kier molecular flexibility index (Phi) is 3.15. The zero-order chi connectivity index (χ0) is 14.8. The molecule has 0 atom stereocenters. The molecule has 0 amide bonds. The number of aromatic nitrogens is 3. The van der Waals surface area contributed by atoms with E-state index in [1.807, 2.05) is 24.3 Å².